The highest BCUT2D eigenvalue weighted by Gasteiger charge is 2.11. The van der Waals surface area contributed by atoms with Gasteiger partial charge in [-0.05, 0) is 18.2 Å². The smallest absolute Gasteiger partial charge is 0.234 e. The van der Waals surface area contributed by atoms with Crippen molar-refractivity contribution < 1.29 is 4.79 Å². The Bertz CT molecular complexity index is 494. The molecule has 1 aliphatic rings. The van der Waals surface area contributed by atoms with E-state index >= 15 is 0 Å². The Morgan fingerprint density at radius 3 is 3.06 bits per heavy atom. The monoisotopic (exact) mass is 320 g/mol. The molecule has 0 unspecified atom stereocenters. The van der Waals surface area contributed by atoms with Gasteiger partial charge in [-0.1, -0.05) is 46.7 Å². The first-order chi connectivity index (χ1) is 8.65. The van der Waals surface area contributed by atoms with Crippen molar-refractivity contribution in [2.75, 3.05) is 23.4 Å². The standard InChI is InChI=1S/C11H10Cl2N2OS2/c12-7-1-2-8(13)9(5-7)15-10(16)6-18-11-14-3-4-17-11/h1-2,5H,3-4,6H2,(H,15,16). The Hall–Kier alpha value is -0.360. The van der Waals surface area contributed by atoms with Crippen LogP contribution in [-0.2, 0) is 4.79 Å². The van der Waals surface area contributed by atoms with E-state index in [2.05, 4.69) is 10.3 Å². The molecule has 3 nitrogen and oxygen atoms in total. The third-order valence-electron chi connectivity index (χ3n) is 2.09. The van der Waals surface area contributed by atoms with Crippen LogP contribution in [0, 0.1) is 0 Å². The summed E-state index contributed by atoms with van der Waals surface area (Å²) in [7, 11) is 0. The fourth-order valence-corrected chi connectivity index (χ4v) is 3.46. The number of nitrogens with zero attached hydrogens (tertiary/aromatic N) is 1. The molecule has 18 heavy (non-hydrogen) atoms. The first-order valence-electron chi connectivity index (χ1n) is 5.20. The summed E-state index contributed by atoms with van der Waals surface area (Å²) in [6.45, 7) is 0.842. The van der Waals surface area contributed by atoms with Crippen molar-refractivity contribution in [2.45, 2.75) is 0 Å². The van der Waals surface area contributed by atoms with Gasteiger partial charge >= 0.3 is 0 Å². The van der Waals surface area contributed by atoms with E-state index in [-0.39, 0.29) is 5.91 Å². The summed E-state index contributed by atoms with van der Waals surface area (Å²) in [5.41, 5.74) is 0.538. The topological polar surface area (TPSA) is 41.5 Å². The van der Waals surface area contributed by atoms with Gasteiger partial charge in [-0.3, -0.25) is 9.79 Å². The minimum Gasteiger partial charge on any atom is -0.324 e. The van der Waals surface area contributed by atoms with Gasteiger partial charge in [0.2, 0.25) is 5.91 Å². The van der Waals surface area contributed by atoms with E-state index in [1.54, 1.807) is 30.0 Å². The molecule has 0 radical (unpaired) electrons. The summed E-state index contributed by atoms with van der Waals surface area (Å²) < 4.78 is 0.974. The van der Waals surface area contributed by atoms with Crippen molar-refractivity contribution in [3.63, 3.8) is 0 Å². The van der Waals surface area contributed by atoms with Crippen LogP contribution in [0.1, 0.15) is 0 Å². The number of thioether (sulfide) groups is 2. The lowest BCUT2D eigenvalue weighted by atomic mass is 10.3. The molecule has 0 saturated heterocycles. The molecule has 1 aromatic carbocycles. The van der Waals surface area contributed by atoms with Crippen molar-refractivity contribution in [1.82, 2.24) is 0 Å². The maximum atomic E-state index is 11.7. The van der Waals surface area contributed by atoms with E-state index in [0.29, 0.717) is 21.5 Å². The first kappa shape index (κ1) is 14.1. The molecule has 1 amide bonds. The van der Waals surface area contributed by atoms with Gasteiger partial charge in [0.05, 0.1) is 23.0 Å². The van der Waals surface area contributed by atoms with E-state index in [9.17, 15) is 4.79 Å². The zero-order valence-corrected chi connectivity index (χ0v) is 12.4. The summed E-state index contributed by atoms with van der Waals surface area (Å²) in [6.07, 6.45) is 0. The summed E-state index contributed by atoms with van der Waals surface area (Å²) in [4.78, 5) is 16.0. The van der Waals surface area contributed by atoms with Crippen molar-refractivity contribution in [1.29, 1.82) is 0 Å². The van der Waals surface area contributed by atoms with Crippen molar-refractivity contribution in [3.8, 4) is 0 Å². The molecule has 0 aromatic heterocycles. The van der Waals surface area contributed by atoms with Gasteiger partial charge in [0.1, 0.15) is 4.38 Å². The molecule has 2 rings (SSSR count). The van der Waals surface area contributed by atoms with Crippen LogP contribution >= 0.6 is 46.7 Å². The number of rotatable bonds is 3. The number of amides is 1. The van der Waals surface area contributed by atoms with Crippen molar-refractivity contribution in [2.24, 2.45) is 4.99 Å². The zero-order valence-electron chi connectivity index (χ0n) is 9.28. The quantitative estimate of drug-likeness (QED) is 0.921. The Balaban J connectivity index is 1.88. The van der Waals surface area contributed by atoms with E-state index in [0.717, 1.165) is 16.7 Å². The lowest BCUT2D eigenvalue weighted by molar-refractivity contribution is -0.113. The minimum absolute atomic E-state index is 0.112. The van der Waals surface area contributed by atoms with Crippen LogP contribution in [0.3, 0.4) is 0 Å². The van der Waals surface area contributed by atoms with Gasteiger partial charge in [-0.25, -0.2) is 0 Å². The van der Waals surface area contributed by atoms with Gasteiger partial charge in [0.25, 0.3) is 0 Å². The first-order valence-corrected chi connectivity index (χ1v) is 7.93. The van der Waals surface area contributed by atoms with Gasteiger partial charge in [0, 0.05) is 10.8 Å². The zero-order chi connectivity index (χ0) is 13.0. The second-order valence-corrected chi connectivity index (χ2v) is 6.61. The molecule has 1 aromatic rings. The van der Waals surface area contributed by atoms with Crippen LogP contribution < -0.4 is 5.32 Å². The average molecular weight is 321 g/mol. The highest BCUT2D eigenvalue weighted by Crippen LogP contribution is 2.26. The normalized spacial score (nSPS) is 14.4. The van der Waals surface area contributed by atoms with Crippen LogP contribution in [0.25, 0.3) is 0 Å². The number of carbonyl (C=O) groups excluding carboxylic acids is 1. The fourth-order valence-electron chi connectivity index (χ4n) is 1.31. The lowest BCUT2D eigenvalue weighted by Gasteiger charge is -2.07. The van der Waals surface area contributed by atoms with Crippen LogP contribution in [0.5, 0.6) is 0 Å². The van der Waals surface area contributed by atoms with Crippen molar-refractivity contribution in [3.05, 3.63) is 28.2 Å². The van der Waals surface area contributed by atoms with Crippen LogP contribution in [0.15, 0.2) is 23.2 Å². The summed E-state index contributed by atoms with van der Waals surface area (Å²) in [5, 5.41) is 3.75. The average Bonchev–Trinajstić information content (AvgIpc) is 2.84. The third kappa shape index (κ3) is 4.09. The highest BCUT2D eigenvalue weighted by atomic mass is 35.5. The summed E-state index contributed by atoms with van der Waals surface area (Å²) in [6, 6.07) is 4.97. The molecule has 1 N–H and O–H groups in total. The van der Waals surface area contributed by atoms with E-state index in [4.69, 9.17) is 23.2 Å². The number of halogens is 2. The van der Waals surface area contributed by atoms with Crippen LogP contribution in [0.2, 0.25) is 10.0 Å². The Labute approximate surface area is 124 Å². The SMILES string of the molecule is O=C(CSC1=NCCS1)Nc1cc(Cl)ccc1Cl. The molecular formula is C11H10Cl2N2OS2. The minimum atomic E-state index is -0.112. The van der Waals surface area contributed by atoms with Crippen LogP contribution in [-0.4, -0.2) is 28.3 Å². The third-order valence-corrected chi connectivity index (χ3v) is 4.90. The fraction of sp³-hybridized carbons (Fsp3) is 0.273. The number of hydrogen-bond acceptors (Lipinski definition) is 4. The summed E-state index contributed by atoms with van der Waals surface area (Å²) >= 11 is 14.9. The molecule has 0 atom stereocenters. The molecular weight excluding hydrogens is 311 g/mol. The Morgan fingerprint density at radius 1 is 1.50 bits per heavy atom. The Morgan fingerprint density at radius 2 is 2.33 bits per heavy atom. The van der Waals surface area contributed by atoms with E-state index < -0.39 is 0 Å². The highest BCUT2D eigenvalue weighted by molar-refractivity contribution is 8.39. The van der Waals surface area contributed by atoms with E-state index in [1.807, 2.05) is 0 Å². The summed E-state index contributed by atoms with van der Waals surface area (Å²) in [5.74, 6) is 1.22. The van der Waals surface area contributed by atoms with Gasteiger partial charge in [-0.2, -0.15) is 0 Å². The number of benzene rings is 1. The van der Waals surface area contributed by atoms with Gasteiger partial charge in [-0.15, -0.1) is 0 Å². The molecule has 0 spiro atoms. The van der Waals surface area contributed by atoms with Crippen LogP contribution in [0.4, 0.5) is 5.69 Å². The van der Waals surface area contributed by atoms with E-state index in [1.165, 1.54) is 11.8 Å². The predicted molar refractivity (Wildman–Crippen MR) is 82.3 cm³/mol. The number of aliphatic imine (C=N–C) groups is 1. The maximum Gasteiger partial charge on any atom is 0.234 e. The largest absolute Gasteiger partial charge is 0.324 e. The maximum absolute atomic E-state index is 11.7. The molecule has 0 saturated carbocycles. The molecule has 0 bridgehead atoms. The predicted octanol–water partition coefficient (Wildman–Crippen LogP) is 3.77. The molecule has 7 heteroatoms. The second-order valence-electron chi connectivity index (χ2n) is 3.46. The number of hydrogen-bond donors (Lipinski definition) is 1. The van der Waals surface area contributed by atoms with Gasteiger partial charge < -0.3 is 5.32 Å². The van der Waals surface area contributed by atoms with Crippen molar-refractivity contribution >= 4 is 62.7 Å². The van der Waals surface area contributed by atoms with Gasteiger partial charge in [0.15, 0.2) is 0 Å². The molecule has 0 aliphatic carbocycles. The second kappa shape index (κ2) is 6.70. The molecule has 1 aliphatic heterocycles. The lowest BCUT2D eigenvalue weighted by Crippen LogP contribution is -2.15. The Kier molecular flexibility index (Phi) is 5.24. The molecule has 96 valence electrons. The number of nitrogens with one attached hydrogen (secondary N) is 1. The number of anilines is 1. The number of carbonyl (C=O) groups is 1. The molecule has 0 fully saturated rings. The molecule has 1 heterocycles.